The summed E-state index contributed by atoms with van der Waals surface area (Å²) in [5, 5.41) is 9.20. The Morgan fingerprint density at radius 1 is 1.44 bits per heavy atom. The average molecular weight is 256 g/mol. The standard InChI is InChI=1S/C13H24N2O3/c1-8(2)6-10(14)12(16)15-5-4-9(3)7-11(15)13(17)18/h8-11H,4-7,14H2,1-3H3,(H,17,18). The molecule has 0 aromatic rings. The van der Waals surface area contributed by atoms with Gasteiger partial charge in [0, 0.05) is 6.54 Å². The van der Waals surface area contributed by atoms with Crippen molar-refractivity contribution < 1.29 is 14.7 Å². The molecule has 1 saturated heterocycles. The summed E-state index contributed by atoms with van der Waals surface area (Å²) in [6.45, 7) is 6.52. The van der Waals surface area contributed by atoms with Crippen LogP contribution in [0.3, 0.4) is 0 Å². The van der Waals surface area contributed by atoms with Crippen molar-refractivity contribution in [3.05, 3.63) is 0 Å². The Labute approximate surface area is 108 Å². The molecule has 1 heterocycles. The molecule has 5 heteroatoms. The lowest BCUT2D eigenvalue weighted by molar-refractivity contribution is -0.153. The molecule has 0 aromatic heterocycles. The maximum absolute atomic E-state index is 12.2. The third kappa shape index (κ3) is 3.70. The molecule has 3 atom stereocenters. The van der Waals surface area contributed by atoms with Gasteiger partial charge in [0.15, 0.2) is 0 Å². The number of carbonyl (C=O) groups excluding carboxylic acids is 1. The molecule has 0 aromatic carbocycles. The number of likely N-dealkylation sites (tertiary alicyclic amines) is 1. The fraction of sp³-hybridized carbons (Fsp3) is 0.846. The van der Waals surface area contributed by atoms with Crippen LogP contribution in [0.5, 0.6) is 0 Å². The van der Waals surface area contributed by atoms with E-state index < -0.39 is 18.1 Å². The highest BCUT2D eigenvalue weighted by Crippen LogP contribution is 2.23. The number of carboxylic acid groups (broad SMARTS) is 1. The van der Waals surface area contributed by atoms with Gasteiger partial charge in [-0.25, -0.2) is 4.79 Å². The lowest BCUT2D eigenvalue weighted by Crippen LogP contribution is -2.54. The lowest BCUT2D eigenvalue weighted by Gasteiger charge is -2.37. The monoisotopic (exact) mass is 256 g/mol. The van der Waals surface area contributed by atoms with Crippen LogP contribution in [0.2, 0.25) is 0 Å². The molecule has 0 radical (unpaired) electrons. The predicted molar refractivity (Wildman–Crippen MR) is 69.0 cm³/mol. The Bertz CT molecular complexity index is 317. The number of nitrogens with zero attached hydrogens (tertiary/aromatic N) is 1. The second-order valence-corrected chi connectivity index (χ2v) is 5.75. The van der Waals surface area contributed by atoms with Gasteiger partial charge in [-0.15, -0.1) is 0 Å². The quantitative estimate of drug-likeness (QED) is 0.788. The molecular formula is C13H24N2O3. The number of carbonyl (C=O) groups is 2. The van der Waals surface area contributed by atoms with Gasteiger partial charge in [-0.3, -0.25) is 4.79 Å². The van der Waals surface area contributed by atoms with Crippen molar-refractivity contribution >= 4 is 11.9 Å². The van der Waals surface area contributed by atoms with Crippen molar-refractivity contribution in [2.75, 3.05) is 6.54 Å². The van der Waals surface area contributed by atoms with Gasteiger partial charge in [-0.05, 0) is 31.1 Å². The molecule has 104 valence electrons. The molecule has 1 fully saturated rings. The van der Waals surface area contributed by atoms with Crippen molar-refractivity contribution in [2.24, 2.45) is 17.6 Å². The average Bonchev–Trinajstić information content (AvgIpc) is 2.26. The van der Waals surface area contributed by atoms with E-state index >= 15 is 0 Å². The van der Waals surface area contributed by atoms with Crippen molar-refractivity contribution in [1.82, 2.24) is 4.90 Å². The number of nitrogens with two attached hydrogens (primary N) is 1. The Kier molecular flexibility index (Phi) is 5.14. The fourth-order valence-electron chi connectivity index (χ4n) is 2.46. The number of aliphatic carboxylic acids is 1. The van der Waals surface area contributed by atoms with Crippen LogP contribution >= 0.6 is 0 Å². The summed E-state index contributed by atoms with van der Waals surface area (Å²) in [5.74, 6) is -0.470. The van der Waals surface area contributed by atoms with Crippen LogP contribution in [-0.2, 0) is 9.59 Å². The number of hydrogen-bond donors (Lipinski definition) is 2. The van der Waals surface area contributed by atoms with Gasteiger partial charge in [0.05, 0.1) is 6.04 Å². The van der Waals surface area contributed by atoms with Crippen molar-refractivity contribution in [1.29, 1.82) is 0 Å². The van der Waals surface area contributed by atoms with Gasteiger partial charge in [0.1, 0.15) is 6.04 Å². The first-order chi connectivity index (χ1) is 8.32. The molecule has 0 aliphatic carbocycles. The SMILES string of the molecule is CC(C)CC(N)C(=O)N1CCC(C)CC1C(=O)O. The molecule has 0 saturated carbocycles. The van der Waals surface area contributed by atoms with Gasteiger partial charge in [0.25, 0.3) is 0 Å². The highest BCUT2D eigenvalue weighted by molar-refractivity contribution is 5.87. The van der Waals surface area contributed by atoms with E-state index in [-0.39, 0.29) is 5.91 Å². The molecule has 3 unspecified atom stereocenters. The number of rotatable bonds is 4. The van der Waals surface area contributed by atoms with E-state index in [1.54, 1.807) is 0 Å². The molecule has 1 amide bonds. The topological polar surface area (TPSA) is 83.6 Å². The van der Waals surface area contributed by atoms with Gasteiger partial charge in [-0.2, -0.15) is 0 Å². The van der Waals surface area contributed by atoms with E-state index in [2.05, 4.69) is 0 Å². The van der Waals surface area contributed by atoms with Crippen LogP contribution in [0.15, 0.2) is 0 Å². The highest BCUT2D eigenvalue weighted by atomic mass is 16.4. The van der Waals surface area contributed by atoms with Gasteiger partial charge >= 0.3 is 5.97 Å². The predicted octanol–water partition coefficient (Wildman–Crippen LogP) is 1.07. The maximum Gasteiger partial charge on any atom is 0.326 e. The molecule has 0 bridgehead atoms. The molecule has 0 spiro atoms. The largest absolute Gasteiger partial charge is 0.480 e. The minimum absolute atomic E-state index is 0.219. The van der Waals surface area contributed by atoms with Crippen molar-refractivity contribution in [3.63, 3.8) is 0 Å². The molecule has 1 aliphatic rings. The number of piperidine rings is 1. The zero-order valence-electron chi connectivity index (χ0n) is 11.4. The fourth-order valence-corrected chi connectivity index (χ4v) is 2.46. The summed E-state index contributed by atoms with van der Waals surface area (Å²) in [7, 11) is 0. The van der Waals surface area contributed by atoms with Gasteiger partial charge in [0.2, 0.25) is 5.91 Å². The third-order valence-electron chi connectivity index (χ3n) is 3.48. The smallest absolute Gasteiger partial charge is 0.326 e. The van der Waals surface area contributed by atoms with Crippen molar-refractivity contribution in [3.8, 4) is 0 Å². The second kappa shape index (κ2) is 6.18. The zero-order valence-corrected chi connectivity index (χ0v) is 11.4. The number of amides is 1. The van der Waals surface area contributed by atoms with E-state index in [1.165, 1.54) is 4.90 Å². The normalized spacial score (nSPS) is 26.2. The van der Waals surface area contributed by atoms with Gasteiger partial charge < -0.3 is 15.7 Å². The minimum atomic E-state index is -0.924. The maximum atomic E-state index is 12.2. The van der Waals surface area contributed by atoms with E-state index in [4.69, 9.17) is 5.73 Å². The van der Waals surface area contributed by atoms with Crippen LogP contribution in [0.1, 0.15) is 40.0 Å². The Morgan fingerprint density at radius 3 is 2.56 bits per heavy atom. The van der Waals surface area contributed by atoms with Crippen LogP contribution in [-0.4, -0.2) is 40.5 Å². The first-order valence-corrected chi connectivity index (χ1v) is 6.61. The summed E-state index contributed by atoms with van der Waals surface area (Å²) in [6, 6.07) is -1.29. The Hall–Kier alpha value is -1.10. The van der Waals surface area contributed by atoms with Crippen LogP contribution in [0.4, 0.5) is 0 Å². The summed E-state index contributed by atoms with van der Waals surface area (Å²) in [5.41, 5.74) is 5.86. The molecular weight excluding hydrogens is 232 g/mol. The number of hydrogen-bond acceptors (Lipinski definition) is 3. The summed E-state index contributed by atoms with van der Waals surface area (Å²) in [6.07, 6.45) is 1.97. The first kappa shape index (κ1) is 15.0. The van der Waals surface area contributed by atoms with E-state index in [1.807, 2.05) is 20.8 Å². The molecule has 3 N–H and O–H groups in total. The Balaban J connectivity index is 2.72. The van der Waals surface area contributed by atoms with Crippen LogP contribution in [0.25, 0.3) is 0 Å². The first-order valence-electron chi connectivity index (χ1n) is 6.61. The molecule has 5 nitrogen and oxygen atoms in total. The minimum Gasteiger partial charge on any atom is -0.480 e. The second-order valence-electron chi connectivity index (χ2n) is 5.75. The highest BCUT2D eigenvalue weighted by Gasteiger charge is 2.36. The summed E-state index contributed by atoms with van der Waals surface area (Å²) >= 11 is 0. The number of carboxylic acids is 1. The summed E-state index contributed by atoms with van der Waals surface area (Å²) < 4.78 is 0. The van der Waals surface area contributed by atoms with Gasteiger partial charge in [-0.1, -0.05) is 20.8 Å². The molecule has 1 aliphatic heterocycles. The van der Waals surface area contributed by atoms with Crippen LogP contribution < -0.4 is 5.73 Å². The van der Waals surface area contributed by atoms with E-state index in [0.29, 0.717) is 31.2 Å². The van der Waals surface area contributed by atoms with E-state index in [0.717, 1.165) is 6.42 Å². The van der Waals surface area contributed by atoms with Crippen LogP contribution in [0, 0.1) is 11.8 Å². The lowest BCUT2D eigenvalue weighted by atomic mass is 9.91. The zero-order chi connectivity index (χ0) is 13.9. The summed E-state index contributed by atoms with van der Waals surface area (Å²) in [4.78, 5) is 24.9. The molecule has 18 heavy (non-hydrogen) atoms. The molecule has 1 rings (SSSR count). The van der Waals surface area contributed by atoms with Crippen molar-refractivity contribution in [2.45, 2.75) is 52.1 Å². The van der Waals surface area contributed by atoms with E-state index in [9.17, 15) is 14.7 Å². The third-order valence-corrected chi connectivity index (χ3v) is 3.48. The Morgan fingerprint density at radius 2 is 2.06 bits per heavy atom.